The molecule has 0 atom stereocenters. The number of halogens is 2. The van der Waals surface area contributed by atoms with Crippen LogP contribution < -0.4 is 10.5 Å². The van der Waals surface area contributed by atoms with Gasteiger partial charge in [-0.3, -0.25) is 0 Å². The van der Waals surface area contributed by atoms with Crippen molar-refractivity contribution in [2.45, 2.75) is 9.79 Å². The van der Waals surface area contributed by atoms with E-state index in [0.717, 1.165) is 0 Å². The lowest BCUT2D eigenvalue weighted by Crippen LogP contribution is -2.12. The van der Waals surface area contributed by atoms with Gasteiger partial charge < -0.3 is 10.5 Å². The number of nitrogens with two attached hydrogens (primary N) is 1. The summed E-state index contributed by atoms with van der Waals surface area (Å²) in [5.41, 5.74) is 5.94. The fourth-order valence-corrected chi connectivity index (χ4v) is 3.34. The predicted octanol–water partition coefficient (Wildman–Crippen LogP) is 3.41. The number of sulfone groups is 1. The van der Waals surface area contributed by atoms with E-state index in [2.05, 4.69) is 4.99 Å². The van der Waals surface area contributed by atoms with E-state index in [0.29, 0.717) is 16.5 Å². The normalized spacial score (nSPS) is 12.2. The number of nitrogens with zero attached hydrogens (tertiary/aromatic N) is 1. The van der Waals surface area contributed by atoms with Gasteiger partial charge in [0.15, 0.2) is 0 Å². The van der Waals surface area contributed by atoms with Crippen LogP contribution in [0.5, 0.6) is 5.75 Å². The highest BCUT2D eigenvalue weighted by Gasteiger charge is 2.19. The number of alkyl halides is 1. The van der Waals surface area contributed by atoms with Crippen LogP contribution in [0.4, 0.5) is 5.69 Å². The van der Waals surface area contributed by atoms with E-state index >= 15 is 0 Å². The molecule has 0 spiro atoms. The Morgan fingerprint density at radius 3 is 2.39 bits per heavy atom. The van der Waals surface area contributed by atoms with Crippen LogP contribution in [0.2, 0.25) is 5.02 Å². The van der Waals surface area contributed by atoms with Crippen LogP contribution in [-0.4, -0.2) is 27.2 Å². The highest BCUT2D eigenvalue weighted by Crippen LogP contribution is 2.30. The van der Waals surface area contributed by atoms with Gasteiger partial charge >= 0.3 is 0 Å². The first-order chi connectivity index (χ1) is 10.9. The first kappa shape index (κ1) is 17.6. The number of benzene rings is 2. The maximum atomic E-state index is 12.7. The third-order valence-corrected chi connectivity index (χ3v) is 5.22. The van der Waals surface area contributed by atoms with Crippen LogP contribution in [0, 0.1) is 0 Å². The van der Waals surface area contributed by atoms with Gasteiger partial charge in [-0.25, -0.2) is 13.4 Å². The number of ether oxygens (including phenoxy) is 1. The van der Waals surface area contributed by atoms with Crippen molar-refractivity contribution < 1.29 is 13.2 Å². The Labute approximate surface area is 144 Å². The summed E-state index contributed by atoms with van der Waals surface area (Å²) in [5.74, 6) is 0.562. The molecule has 8 heteroatoms. The maximum absolute atomic E-state index is 12.7. The maximum Gasteiger partial charge on any atom is 0.206 e. The van der Waals surface area contributed by atoms with Crippen molar-refractivity contribution in [1.29, 1.82) is 0 Å². The van der Waals surface area contributed by atoms with Crippen molar-refractivity contribution in [3.63, 3.8) is 0 Å². The van der Waals surface area contributed by atoms with Crippen molar-refractivity contribution in [3.05, 3.63) is 47.5 Å². The molecule has 2 rings (SSSR count). The second kappa shape index (κ2) is 7.21. The van der Waals surface area contributed by atoms with Crippen molar-refractivity contribution >= 4 is 44.6 Å². The fourth-order valence-electron chi connectivity index (χ4n) is 1.84. The molecule has 0 aromatic heterocycles. The molecule has 0 saturated heterocycles. The summed E-state index contributed by atoms with van der Waals surface area (Å²) in [5, 5.41) is 0.453. The number of hydrogen-bond acceptors (Lipinski definition) is 4. The van der Waals surface area contributed by atoms with Crippen LogP contribution in [0.3, 0.4) is 0 Å². The Hall–Kier alpha value is -1.76. The van der Waals surface area contributed by atoms with Crippen LogP contribution in [0.25, 0.3) is 0 Å². The van der Waals surface area contributed by atoms with Crippen LogP contribution >= 0.6 is 23.2 Å². The van der Waals surface area contributed by atoms with Crippen LogP contribution in [0.15, 0.2) is 57.2 Å². The number of methoxy groups -OCH3 is 1. The topological polar surface area (TPSA) is 81.8 Å². The average Bonchev–Trinajstić information content (AvgIpc) is 2.54. The molecule has 122 valence electrons. The van der Waals surface area contributed by atoms with Crippen molar-refractivity contribution in [2.24, 2.45) is 10.7 Å². The molecule has 0 aliphatic heterocycles. The lowest BCUT2D eigenvalue weighted by atomic mass is 10.3. The third-order valence-electron chi connectivity index (χ3n) is 2.94. The SMILES string of the molecule is COc1cc(N=C(N)CCl)cc(S(=O)(=O)c2ccc(Cl)cc2)c1. The summed E-state index contributed by atoms with van der Waals surface area (Å²) in [6, 6.07) is 10.3. The highest BCUT2D eigenvalue weighted by molar-refractivity contribution is 7.91. The molecular formula is C15H14Cl2N2O3S. The Bertz CT molecular complexity index is 834. The molecule has 0 amide bonds. The third kappa shape index (κ3) is 4.16. The van der Waals surface area contributed by atoms with Crippen LogP contribution in [0.1, 0.15) is 0 Å². The highest BCUT2D eigenvalue weighted by atomic mass is 35.5. The minimum Gasteiger partial charge on any atom is -0.497 e. The monoisotopic (exact) mass is 372 g/mol. The molecule has 2 aromatic carbocycles. The predicted molar refractivity (Wildman–Crippen MR) is 91.9 cm³/mol. The molecular weight excluding hydrogens is 359 g/mol. The standard InChI is InChI=1S/C15H14Cl2N2O3S/c1-22-12-6-11(19-15(18)9-16)7-14(8-12)23(20,21)13-4-2-10(17)3-5-13/h2-8H,9H2,1H3,(H2,18,19). The average molecular weight is 373 g/mol. The molecule has 5 nitrogen and oxygen atoms in total. The fraction of sp³-hybridized carbons (Fsp3) is 0.133. The van der Waals surface area contributed by atoms with E-state index in [1.54, 1.807) is 6.07 Å². The molecule has 0 unspecified atom stereocenters. The zero-order chi connectivity index (χ0) is 17.0. The van der Waals surface area contributed by atoms with Gasteiger partial charge in [0, 0.05) is 11.1 Å². The van der Waals surface area contributed by atoms with Crippen molar-refractivity contribution in [3.8, 4) is 5.75 Å². The molecule has 2 aromatic rings. The second-order valence-electron chi connectivity index (χ2n) is 4.56. The van der Waals surface area contributed by atoms with E-state index in [4.69, 9.17) is 33.7 Å². The van der Waals surface area contributed by atoms with E-state index in [1.807, 2.05) is 0 Å². The summed E-state index contributed by atoms with van der Waals surface area (Å²) in [7, 11) is -2.30. The molecule has 0 aliphatic rings. The Morgan fingerprint density at radius 1 is 1.17 bits per heavy atom. The second-order valence-corrected chi connectivity index (χ2v) is 7.21. The van der Waals surface area contributed by atoms with E-state index in [-0.39, 0.29) is 21.5 Å². The zero-order valence-corrected chi connectivity index (χ0v) is 14.5. The smallest absolute Gasteiger partial charge is 0.206 e. The van der Waals surface area contributed by atoms with Gasteiger partial charge in [-0.1, -0.05) is 11.6 Å². The van der Waals surface area contributed by atoms with Gasteiger partial charge in [0.25, 0.3) is 0 Å². The van der Waals surface area contributed by atoms with Crippen molar-refractivity contribution in [2.75, 3.05) is 13.0 Å². The van der Waals surface area contributed by atoms with Gasteiger partial charge in [0.1, 0.15) is 11.6 Å². The molecule has 0 aliphatic carbocycles. The molecule has 0 fully saturated rings. The lowest BCUT2D eigenvalue weighted by molar-refractivity contribution is 0.413. The number of aliphatic imine (C=N–C) groups is 1. The Morgan fingerprint density at radius 2 is 1.83 bits per heavy atom. The van der Waals surface area contributed by atoms with Gasteiger partial charge in [-0.15, -0.1) is 11.6 Å². The van der Waals surface area contributed by atoms with Crippen molar-refractivity contribution in [1.82, 2.24) is 0 Å². The summed E-state index contributed by atoms with van der Waals surface area (Å²) < 4.78 is 30.6. The zero-order valence-electron chi connectivity index (χ0n) is 12.2. The summed E-state index contributed by atoms with van der Waals surface area (Å²) in [4.78, 5) is 4.23. The quantitative estimate of drug-likeness (QED) is 0.495. The van der Waals surface area contributed by atoms with Crippen LogP contribution in [-0.2, 0) is 9.84 Å². The number of rotatable bonds is 5. The molecule has 0 bridgehead atoms. The molecule has 0 heterocycles. The van der Waals surface area contributed by atoms with Gasteiger partial charge in [-0.05, 0) is 36.4 Å². The lowest BCUT2D eigenvalue weighted by Gasteiger charge is -2.09. The largest absolute Gasteiger partial charge is 0.497 e. The number of amidine groups is 1. The van der Waals surface area contributed by atoms with Gasteiger partial charge in [0.2, 0.25) is 9.84 Å². The first-order valence-corrected chi connectivity index (χ1v) is 8.85. The Kier molecular flexibility index (Phi) is 5.51. The van der Waals surface area contributed by atoms with Gasteiger partial charge in [-0.2, -0.15) is 0 Å². The number of hydrogen-bond donors (Lipinski definition) is 1. The van der Waals surface area contributed by atoms with E-state index in [9.17, 15) is 8.42 Å². The minimum atomic E-state index is -3.74. The molecule has 0 saturated carbocycles. The minimum absolute atomic E-state index is 0.0382. The van der Waals surface area contributed by atoms with Gasteiger partial charge in [0.05, 0.1) is 28.5 Å². The Balaban J connectivity index is 2.57. The summed E-state index contributed by atoms with van der Waals surface area (Å²) >= 11 is 11.4. The molecule has 23 heavy (non-hydrogen) atoms. The summed E-state index contributed by atoms with van der Waals surface area (Å²) in [6.07, 6.45) is 0. The summed E-state index contributed by atoms with van der Waals surface area (Å²) in [6.45, 7) is 0. The molecule has 0 radical (unpaired) electrons. The first-order valence-electron chi connectivity index (χ1n) is 6.45. The van der Waals surface area contributed by atoms with E-state index in [1.165, 1.54) is 43.5 Å². The molecule has 2 N–H and O–H groups in total. The van der Waals surface area contributed by atoms with E-state index < -0.39 is 9.84 Å².